The van der Waals surface area contributed by atoms with Crippen LogP contribution in [-0.4, -0.2) is 18.7 Å². The molecule has 4 heteroatoms. The summed E-state index contributed by atoms with van der Waals surface area (Å²) in [6.07, 6.45) is 0. The van der Waals surface area contributed by atoms with E-state index in [4.69, 9.17) is 4.74 Å². The number of nitrogens with one attached hydrogen (secondary N) is 2. The lowest BCUT2D eigenvalue weighted by Gasteiger charge is -2.17. The van der Waals surface area contributed by atoms with Crippen LogP contribution in [-0.2, 0) is 6.54 Å². The summed E-state index contributed by atoms with van der Waals surface area (Å²) in [7, 11) is 0. The summed E-state index contributed by atoms with van der Waals surface area (Å²) >= 11 is 0. The lowest BCUT2D eigenvalue weighted by molar-refractivity contribution is 0.234. The Bertz CT molecular complexity index is 427. The normalized spacial score (nSPS) is 12.3. The highest BCUT2D eigenvalue weighted by Crippen LogP contribution is 2.13. The Balaban J connectivity index is 2.37. The van der Waals surface area contributed by atoms with Gasteiger partial charge in [-0.1, -0.05) is 39.8 Å². The van der Waals surface area contributed by atoms with Crippen molar-refractivity contribution in [3.05, 3.63) is 29.8 Å². The third-order valence-electron chi connectivity index (χ3n) is 3.32. The molecular formula is C17H28N2O2. The number of carbonyl (C=O) groups excluding carboxylic acids is 1. The van der Waals surface area contributed by atoms with Crippen LogP contribution in [0.2, 0.25) is 0 Å². The second kappa shape index (κ2) is 8.55. The maximum atomic E-state index is 11.7. The molecule has 1 atom stereocenters. The molecule has 0 saturated carbocycles. The van der Waals surface area contributed by atoms with Crippen molar-refractivity contribution in [3.63, 3.8) is 0 Å². The van der Waals surface area contributed by atoms with E-state index in [1.807, 2.05) is 31.2 Å². The van der Waals surface area contributed by atoms with Crippen molar-refractivity contribution in [2.75, 3.05) is 6.61 Å². The minimum atomic E-state index is -0.128. The monoisotopic (exact) mass is 292 g/mol. The Morgan fingerprint density at radius 3 is 2.24 bits per heavy atom. The van der Waals surface area contributed by atoms with Crippen LogP contribution in [0.1, 0.15) is 40.2 Å². The van der Waals surface area contributed by atoms with Gasteiger partial charge in [-0.2, -0.15) is 0 Å². The molecule has 0 radical (unpaired) electrons. The third-order valence-corrected chi connectivity index (χ3v) is 3.32. The number of hydrogen-bond donors (Lipinski definition) is 2. The number of urea groups is 1. The van der Waals surface area contributed by atoms with Crippen LogP contribution in [0, 0.1) is 11.8 Å². The first-order valence-corrected chi connectivity index (χ1v) is 7.64. The Morgan fingerprint density at radius 1 is 1.10 bits per heavy atom. The molecule has 2 amide bonds. The van der Waals surface area contributed by atoms with Gasteiger partial charge >= 0.3 is 6.03 Å². The molecule has 0 aromatic heterocycles. The van der Waals surface area contributed by atoms with Crippen molar-refractivity contribution in [2.24, 2.45) is 11.8 Å². The van der Waals surface area contributed by atoms with Crippen molar-refractivity contribution in [2.45, 2.75) is 47.2 Å². The van der Waals surface area contributed by atoms with E-state index in [0.717, 1.165) is 11.3 Å². The molecule has 0 fully saturated rings. The van der Waals surface area contributed by atoms with E-state index < -0.39 is 0 Å². The first kappa shape index (κ1) is 17.3. The van der Waals surface area contributed by atoms with E-state index in [2.05, 4.69) is 38.3 Å². The molecule has 21 heavy (non-hydrogen) atoms. The number of ether oxygens (including phenoxy) is 1. The summed E-state index contributed by atoms with van der Waals surface area (Å²) in [5.74, 6) is 1.80. The van der Waals surface area contributed by atoms with Crippen LogP contribution in [0.5, 0.6) is 5.75 Å². The molecule has 2 N–H and O–H groups in total. The summed E-state index contributed by atoms with van der Waals surface area (Å²) in [4.78, 5) is 11.7. The molecular weight excluding hydrogens is 264 g/mol. The Kier molecular flexibility index (Phi) is 7.06. The van der Waals surface area contributed by atoms with Crippen LogP contribution < -0.4 is 15.4 Å². The minimum Gasteiger partial charge on any atom is -0.493 e. The first-order valence-electron chi connectivity index (χ1n) is 7.64. The summed E-state index contributed by atoms with van der Waals surface area (Å²) in [5.41, 5.74) is 1.05. The zero-order valence-corrected chi connectivity index (χ0v) is 13.8. The number of amides is 2. The van der Waals surface area contributed by atoms with E-state index >= 15 is 0 Å². The molecule has 0 aliphatic heterocycles. The van der Waals surface area contributed by atoms with Crippen molar-refractivity contribution in [3.8, 4) is 5.75 Å². The van der Waals surface area contributed by atoms with Crippen molar-refractivity contribution >= 4 is 6.03 Å². The summed E-state index contributed by atoms with van der Waals surface area (Å²) in [5, 5.41) is 5.78. The molecule has 0 saturated heterocycles. The maximum absolute atomic E-state index is 11.7. The number of carbonyl (C=O) groups is 1. The van der Waals surface area contributed by atoms with E-state index in [-0.39, 0.29) is 12.1 Å². The van der Waals surface area contributed by atoms with Crippen molar-refractivity contribution < 1.29 is 9.53 Å². The SMILES string of the molecule is CC(C)COc1ccc(CNC(=O)NC(C)C(C)C)cc1. The second-order valence-corrected chi connectivity index (χ2v) is 6.21. The van der Waals surface area contributed by atoms with Gasteiger partial charge in [0.2, 0.25) is 0 Å². The van der Waals surface area contributed by atoms with Crippen LogP contribution >= 0.6 is 0 Å². The standard InChI is InChI=1S/C17H28N2O2/c1-12(2)11-21-16-8-6-15(7-9-16)10-18-17(20)19-14(5)13(3)4/h6-9,12-14H,10-11H2,1-5H3,(H2,18,19,20). The van der Waals surface area contributed by atoms with Gasteiger partial charge in [0.25, 0.3) is 0 Å². The lowest BCUT2D eigenvalue weighted by atomic mass is 10.1. The fourth-order valence-corrected chi connectivity index (χ4v) is 1.57. The van der Waals surface area contributed by atoms with E-state index in [1.54, 1.807) is 0 Å². The van der Waals surface area contributed by atoms with Crippen molar-refractivity contribution in [1.29, 1.82) is 0 Å². The van der Waals surface area contributed by atoms with Gasteiger partial charge in [-0.05, 0) is 36.5 Å². The number of benzene rings is 1. The van der Waals surface area contributed by atoms with Gasteiger partial charge < -0.3 is 15.4 Å². The zero-order valence-electron chi connectivity index (χ0n) is 13.8. The minimum absolute atomic E-state index is 0.128. The second-order valence-electron chi connectivity index (χ2n) is 6.21. The van der Waals surface area contributed by atoms with Crippen LogP contribution in [0.25, 0.3) is 0 Å². The van der Waals surface area contributed by atoms with Crippen LogP contribution in [0.3, 0.4) is 0 Å². The molecule has 1 unspecified atom stereocenters. The average Bonchev–Trinajstić information content (AvgIpc) is 2.43. The van der Waals surface area contributed by atoms with Crippen LogP contribution in [0.15, 0.2) is 24.3 Å². The Labute approximate surface area is 128 Å². The number of rotatable bonds is 7. The molecule has 118 valence electrons. The van der Waals surface area contributed by atoms with Crippen LogP contribution in [0.4, 0.5) is 4.79 Å². The van der Waals surface area contributed by atoms with Crippen molar-refractivity contribution in [1.82, 2.24) is 10.6 Å². The Morgan fingerprint density at radius 2 is 1.71 bits per heavy atom. The highest BCUT2D eigenvalue weighted by molar-refractivity contribution is 5.74. The maximum Gasteiger partial charge on any atom is 0.315 e. The average molecular weight is 292 g/mol. The fraction of sp³-hybridized carbons (Fsp3) is 0.588. The molecule has 0 heterocycles. The number of hydrogen-bond acceptors (Lipinski definition) is 2. The first-order chi connectivity index (χ1) is 9.88. The summed E-state index contributed by atoms with van der Waals surface area (Å²) in [6.45, 7) is 11.6. The smallest absolute Gasteiger partial charge is 0.315 e. The highest BCUT2D eigenvalue weighted by Gasteiger charge is 2.09. The van der Waals surface area contributed by atoms with Gasteiger partial charge in [0.1, 0.15) is 5.75 Å². The molecule has 0 spiro atoms. The Hall–Kier alpha value is -1.71. The highest BCUT2D eigenvalue weighted by atomic mass is 16.5. The third kappa shape index (κ3) is 7.02. The molecule has 1 aromatic rings. The molecule has 4 nitrogen and oxygen atoms in total. The van der Waals surface area contributed by atoms with Gasteiger partial charge in [0.05, 0.1) is 6.61 Å². The van der Waals surface area contributed by atoms with E-state index in [1.165, 1.54) is 0 Å². The van der Waals surface area contributed by atoms with Gasteiger partial charge in [0.15, 0.2) is 0 Å². The molecule has 0 aliphatic carbocycles. The largest absolute Gasteiger partial charge is 0.493 e. The summed E-state index contributed by atoms with van der Waals surface area (Å²) in [6, 6.07) is 7.86. The van der Waals surface area contributed by atoms with E-state index in [9.17, 15) is 4.79 Å². The van der Waals surface area contributed by atoms with Gasteiger partial charge in [-0.3, -0.25) is 0 Å². The van der Waals surface area contributed by atoms with Gasteiger partial charge in [-0.15, -0.1) is 0 Å². The van der Waals surface area contributed by atoms with Gasteiger partial charge in [0, 0.05) is 12.6 Å². The predicted molar refractivity (Wildman–Crippen MR) is 86.4 cm³/mol. The topological polar surface area (TPSA) is 50.4 Å². The predicted octanol–water partition coefficient (Wildman–Crippen LogP) is 3.57. The lowest BCUT2D eigenvalue weighted by Crippen LogP contribution is -2.42. The zero-order chi connectivity index (χ0) is 15.8. The van der Waals surface area contributed by atoms with E-state index in [0.29, 0.717) is 25.0 Å². The van der Waals surface area contributed by atoms with Gasteiger partial charge in [-0.25, -0.2) is 4.79 Å². The molecule has 1 aromatic carbocycles. The molecule has 1 rings (SSSR count). The quantitative estimate of drug-likeness (QED) is 0.807. The summed E-state index contributed by atoms with van der Waals surface area (Å²) < 4.78 is 5.63. The fourth-order valence-electron chi connectivity index (χ4n) is 1.57. The molecule has 0 aliphatic rings. The molecule has 0 bridgehead atoms.